The van der Waals surface area contributed by atoms with Gasteiger partial charge in [0.25, 0.3) is 0 Å². The van der Waals surface area contributed by atoms with Crippen molar-refractivity contribution in [3.05, 3.63) is 48.0 Å². The van der Waals surface area contributed by atoms with Gasteiger partial charge in [-0.3, -0.25) is 4.90 Å². The van der Waals surface area contributed by atoms with Crippen molar-refractivity contribution in [1.82, 2.24) is 14.5 Å². The number of likely N-dealkylation sites (N-methyl/N-ethyl adjacent to an activating group) is 1. The summed E-state index contributed by atoms with van der Waals surface area (Å²) in [5, 5.41) is 0. The number of hydrogen-bond donors (Lipinski definition) is 1. The molecule has 0 fully saturated rings. The summed E-state index contributed by atoms with van der Waals surface area (Å²) in [5.74, 6) is 1.88. The topological polar surface area (TPSA) is 56.3 Å². The first kappa shape index (κ1) is 14.6. The van der Waals surface area contributed by atoms with Crippen LogP contribution in [0.25, 0.3) is 0 Å². The predicted octanol–water partition coefficient (Wildman–Crippen LogP) is 1.56. The van der Waals surface area contributed by atoms with Gasteiger partial charge in [0.1, 0.15) is 11.6 Å². The standard InChI is InChI=1S/C15H22N4O/c1-18-8-7-17-15(18)11-19(2)14(10-16)12-5-4-6-13(9-12)20-3/h4-9,14H,10-11,16H2,1-3H3. The summed E-state index contributed by atoms with van der Waals surface area (Å²) in [6.07, 6.45) is 3.76. The summed E-state index contributed by atoms with van der Waals surface area (Å²) < 4.78 is 7.30. The number of aryl methyl sites for hydroxylation is 1. The molecule has 5 heteroatoms. The first-order valence-electron chi connectivity index (χ1n) is 6.66. The Balaban J connectivity index is 2.16. The Bertz CT molecular complexity index is 552. The maximum absolute atomic E-state index is 5.95. The summed E-state index contributed by atoms with van der Waals surface area (Å²) in [5.41, 5.74) is 7.11. The average molecular weight is 274 g/mol. The molecule has 0 aliphatic rings. The van der Waals surface area contributed by atoms with E-state index in [1.54, 1.807) is 7.11 Å². The minimum absolute atomic E-state index is 0.141. The molecule has 0 radical (unpaired) electrons. The Kier molecular flexibility index (Phi) is 4.76. The number of benzene rings is 1. The van der Waals surface area contributed by atoms with E-state index in [0.29, 0.717) is 6.54 Å². The molecule has 0 amide bonds. The summed E-state index contributed by atoms with van der Waals surface area (Å²) >= 11 is 0. The van der Waals surface area contributed by atoms with Crippen LogP contribution in [0.1, 0.15) is 17.4 Å². The third kappa shape index (κ3) is 3.18. The summed E-state index contributed by atoms with van der Waals surface area (Å²) in [7, 11) is 5.74. The monoisotopic (exact) mass is 274 g/mol. The van der Waals surface area contributed by atoms with Gasteiger partial charge in [0, 0.05) is 32.0 Å². The molecular formula is C15H22N4O. The number of methoxy groups -OCH3 is 1. The van der Waals surface area contributed by atoms with Gasteiger partial charge in [-0.05, 0) is 24.7 Å². The minimum atomic E-state index is 0.141. The number of aromatic nitrogens is 2. The van der Waals surface area contributed by atoms with Crippen LogP contribution in [0.4, 0.5) is 0 Å². The number of ether oxygens (including phenoxy) is 1. The molecule has 1 aromatic heterocycles. The molecule has 20 heavy (non-hydrogen) atoms. The summed E-state index contributed by atoms with van der Waals surface area (Å²) in [6, 6.07) is 8.18. The predicted molar refractivity (Wildman–Crippen MR) is 79.5 cm³/mol. The second kappa shape index (κ2) is 6.54. The van der Waals surface area contributed by atoms with Gasteiger partial charge >= 0.3 is 0 Å². The van der Waals surface area contributed by atoms with Crippen molar-refractivity contribution in [3.63, 3.8) is 0 Å². The van der Waals surface area contributed by atoms with Gasteiger partial charge in [-0.15, -0.1) is 0 Å². The molecule has 0 aliphatic heterocycles. The van der Waals surface area contributed by atoms with Crippen molar-refractivity contribution in [3.8, 4) is 5.75 Å². The normalized spacial score (nSPS) is 12.7. The Morgan fingerprint density at radius 2 is 2.25 bits per heavy atom. The molecule has 1 unspecified atom stereocenters. The second-order valence-electron chi connectivity index (χ2n) is 4.90. The lowest BCUT2D eigenvalue weighted by molar-refractivity contribution is 0.233. The Labute approximate surface area is 120 Å². The molecule has 2 N–H and O–H groups in total. The highest BCUT2D eigenvalue weighted by Crippen LogP contribution is 2.23. The lowest BCUT2D eigenvalue weighted by Gasteiger charge is -2.27. The number of nitrogens with zero attached hydrogens (tertiary/aromatic N) is 3. The van der Waals surface area contributed by atoms with E-state index in [0.717, 1.165) is 23.7 Å². The largest absolute Gasteiger partial charge is 0.497 e. The maximum atomic E-state index is 5.95. The SMILES string of the molecule is COc1cccc(C(CN)N(C)Cc2nccn2C)c1. The molecular weight excluding hydrogens is 252 g/mol. The third-order valence-electron chi connectivity index (χ3n) is 3.55. The van der Waals surface area contributed by atoms with Crippen molar-refractivity contribution in [2.45, 2.75) is 12.6 Å². The van der Waals surface area contributed by atoms with Crippen LogP contribution in [-0.2, 0) is 13.6 Å². The molecule has 0 saturated heterocycles. The first-order chi connectivity index (χ1) is 9.65. The Hall–Kier alpha value is -1.85. The zero-order valence-corrected chi connectivity index (χ0v) is 12.3. The molecule has 0 aliphatic carbocycles. The van der Waals surface area contributed by atoms with Crippen molar-refractivity contribution in [2.24, 2.45) is 12.8 Å². The van der Waals surface area contributed by atoms with E-state index < -0.39 is 0 Å². The van der Waals surface area contributed by atoms with Gasteiger partial charge in [0.2, 0.25) is 0 Å². The van der Waals surface area contributed by atoms with E-state index in [2.05, 4.69) is 23.0 Å². The van der Waals surface area contributed by atoms with E-state index in [9.17, 15) is 0 Å². The fourth-order valence-electron chi connectivity index (χ4n) is 2.30. The molecule has 0 bridgehead atoms. The molecule has 0 spiro atoms. The smallest absolute Gasteiger partial charge is 0.122 e. The first-order valence-corrected chi connectivity index (χ1v) is 6.66. The lowest BCUT2D eigenvalue weighted by Crippen LogP contribution is -2.31. The number of nitrogens with two attached hydrogens (primary N) is 1. The van der Waals surface area contributed by atoms with Crippen LogP contribution in [0, 0.1) is 0 Å². The molecule has 2 aromatic rings. The summed E-state index contributed by atoms with van der Waals surface area (Å²) in [6.45, 7) is 1.30. The van der Waals surface area contributed by atoms with Gasteiger partial charge in [-0.1, -0.05) is 12.1 Å². The lowest BCUT2D eigenvalue weighted by atomic mass is 10.1. The molecule has 0 saturated carbocycles. The van der Waals surface area contributed by atoms with Crippen molar-refractivity contribution < 1.29 is 4.74 Å². The molecule has 2 rings (SSSR count). The number of imidazole rings is 1. The highest BCUT2D eigenvalue weighted by atomic mass is 16.5. The molecule has 1 atom stereocenters. The van der Waals surface area contributed by atoms with Crippen LogP contribution in [0.2, 0.25) is 0 Å². The van der Waals surface area contributed by atoms with Gasteiger partial charge in [0.15, 0.2) is 0 Å². The number of rotatable bonds is 6. The van der Waals surface area contributed by atoms with E-state index in [1.165, 1.54) is 0 Å². The van der Waals surface area contributed by atoms with Crippen LogP contribution in [0.5, 0.6) is 5.75 Å². The molecule has 5 nitrogen and oxygen atoms in total. The van der Waals surface area contributed by atoms with Crippen LogP contribution >= 0.6 is 0 Å². The highest BCUT2D eigenvalue weighted by Gasteiger charge is 2.17. The van der Waals surface area contributed by atoms with Gasteiger partial charge in [-0.25, -0.2) is 4.98 Å². The van der Waals surface area contributed by atoms with E-state index >= 15 is 0 Å². The van der Waals surface area contributed by atoms with Crippen molar-refractivity contribution in [2.75, 3.05) is 20.7 Å². The highest BCUT2D eigenvalue weighted by molar-refractivity contribution is 5.30. The zero-order chi connectivity index (χ0) is 14.5. The second-order valence-corrected chi connectivity index (χ2v) is 4.90. The Morgan fingerprint density at radius 1 is 1.45 bits per heavy atom. The maximum Gasteiger partial charge on any atom is 0.122 e. The van der Waals surface area contributed by atoms with Crippen molar-refractivity contribution >= 4 is 0 Å². The fourth-order valence-corrected chi connectivity index (χ4v) is 2.30. The van der Waals surface area contributed by atoms with E-state index in [-0.39, 0.29) is 6.04 Å². The molecule has 1 heterocycles. The van der Waals surface area contributed by atoms with Gasteiger partial charge in [0.05, 0.1) is 13.7 Å². The van der Waals surface area contributed by atoms with E-state index in [1.807, 2.05) is 42.2 Å². The van der Waals surface area contributed by atoms with Gasteiger partial charge in [-0.2, -0.15) is 0 Å². The molecule has 1 aromatic carbocycles. The van der Waals surface area contributed by atoms with Crippen LogP contribution < -0.4 is 10.5 Å². The Morgan fingerprint density at radius 3 is 2.85 bits per heavy atom. The van der Waals surface area contributed by atoms with Crippen LogP contribution in [0.3, 0.4) is 0 Å². The molecule has 108 valence electrons. The van der Waals surface area contributed by atoms with Crippen LogP contribution in [0.15, 0.2) is 36.7 Å². The zero-order valence-electron chi connectivity index (χ0n) is 12.3. The third-order valence-corrected chi connectivity index (χ3v) is 3.55. The number of hydrogen-bond acceptors (Lipinski definition) is 4. The quantitative estimate of drug-likeness (QED) is 0.868. The fraction of sp³-hybridized carbons (Fsp3) is 0.400. The van der Waals surface area contributed by atoms with Gasteiger partial charge < -0.3 is 15.0 Å². The average Bonchev–Trinajstić information content (AvgIpc) is 2.85. The van der Waals surface area contributed by atoms with Crippen molar-refractivity contribution in [1.29, 1.82) is 0 Å². The van der Waals surface area contributed by atoms with E-state index in [4.69, 9.17) is 10.5 Å². The van der Waals surface area contributed by atoms with Crippen LogP contribution in [-0.4, -0.2) is 35.2 Å². The summed E-state index contributed by atoms with van der Waals surface area (Å²) in [4.78, 5) is 6.56. The minimum Gasteiger partial charge on any atom is -0.497 e.